The van der Waals surface area contributed by atoms with Gasteiger partial charge in [0.05, 0.1) is 11.4 Å². The highest BCUT2D eigenvalue weighted by atomic mass is 32.1. The molecule has 0 radical (unpaired) electrons. The number of carbonyl (C=O) groups excluding carboxylic acids is 1. The highest BCUT2D eigenvalue weighted by Gasteiger charge is 2.15. The third kappa shape index (κ3) is 3.36. The van der Waals surface area contributed by atoms with Crippen molar-refractivity contribution in [3.63, 3.8) is 0 Å². The van der Waals surface area contributed by atoms with Crippen molar-refractivity contribution in [1.29, 1.82) is 0 Å². The second kappa shape index (κ2) is 6.53. The average molecular weight is 337 g/mol. The zero-order valence-corrected chi connectivity index (χ0v) is 15.0. The van der Waals surface area contributed by atoms with Gasteiger partial charge in [-0.05, 0) is 39.3 Å². The van der Waals surface area contributed by atoms with Gasteiger partial charge in [-0.2, -0.15) is 0 Å². The zero-order valence-electron chi connectivity index (χ0n) is 14.2. The summed E-state index contributed by atoms with van der Waals surface area (Å²) in [6, 6.07) is 10.1. The molecule has 1 aromatic carbocycles. The average Bonchev–Trinajstić information content (AvgIpc) is 3.01. The Labute approximate surface area is 145 Å². The highest BCUT2D eigenvalue weighted by Crippen LogP contribution is 2.25. The van der Waals surface area contributed by atoms with Crippen molar-refractivity contribution in [2.45, 2.75) is 27.7 Å². The fourth-order valence-corrected chi connectivity index (χ4v) is 3.40. The van der Waals surface area contributed by atoms with Crippen LogP contribution in [-0.4, -0.2) is 15.9 Å². The Morgan fingerprint density at radius 1 is 1.04 bits per heavy atom. The molecule has 0 fully saturated rings. The quantitative estimate of drug-likeness (QED) is 0.754. The van der Waals surface area contributed by atoms with E-state index in [1.807, 2.05) is 58.0 Å². The van der Waals surface area contributed by atoms with Crippen molar-refractivity contribution in [2.75, 3.05) is 5.32 Å². The van der Waals surface area contributed by atoms with Gasteiger partial charge in [0.1, 0.15) is 10.7 Å². The van der Waals surface area contributed by atoms with Crippen LogP contribution in [0.1, 0.15) is 33.0 Å². The van der Waals surface area contributed by atoms with E-state index in [2.05, 4.69) is 15.3 Å². The molecule has 1 amide bonds. The maximum Gasteiger partial charge on any atom is 0.275 e. The Bertz CT molecular complexity index is 874. The van der Waals surface area contributed by atoms with Gasteiger partial charge in [0.25, 0.3) is 5.91 Å². The molecule has 122 valence electrons. The summed E-state index contributed by atoms with van der Waals surface area (Å²) in [6.07, 6.45) is 0. The normalized spacial score (nSPS) is 10.7. The van der Waals surface area contributed by atoms with Crippen LogP contribution >= 0.6 is 11.3 Å². The summed E-state index contributed by atoms with van der Waals surface area (Å²) < 4.78 is 0. The van der Waals surface area contributed by atoms with Crippen LogP contribution in [0.4, 0.5) is 5.69 Å². The molecule has 0 saturated heterocycles. The second-order valence-corrected chi connectivity index (χ2v) is 6.76. The standard InChI is InChI=1S/C19H19N3OS/c1-11-5-7-15(8-6-11)19-21-16(10-24-19)18(23)22-17-12(2)9-13(3)20-14(17)4/h5-10H,1-4H3,(H,22,23). The first-order valence-electron chi connectivity index (χ1n) is 7.73. The molecular weight excluding hydrogens is 318 g/mol. The maximum atomic E-state index is 12.5. The van der Waals surface area contributed by atoms with Gasteiger partial charge < -0.3 is 5.32 Å². The van der Waals surface area contributed by atoms with Crippen molar-refractivity contribution in [1.82, 2.24) is 9.97 Å². The van der Waals surface area contributed by atoms with Crippen molar-refractivity contribution >= 4 is 22.9 Å². The lowest BCUT2D eigenvalue weighted by molar-refractivity contribution is 0.102. The highest BCUT2D eigenvalue weighted by molar-refractivity contribution is 7.13. The Hall–Kier alpha value is -2.53. The summed E-state index contributed by atoms with van der Waals surface area (Å²) in [5.41, 5.74) is 6.17. The summed E-state index contributed by atoms with van der Waals surface area (Å²) in [6.45, 7) is 7.86. The minimum absolute atomic E-state index is 0.207. The van der Waals surface area contributed by atoms with Gasteiger partial charge >= 0.3 is 0 Å². The minimum Gasteiger partial charge on any atom is -0.319 e. The molecule has 0 aliphatic rings. The summed E-state index contributed by atoms with van der Waals surface area (Å²) >= 11 is 1.47. The first-order valence-corrected chi connectivity index (χ1v) is 8.61. The van der Waals surface area contributed by atoms with Crippen molar-refractivity contribution in [2.24, 2.45) is 0 Å². The number of nitrogens with zero attached hydrogens (tertiary/aromatic N) is 2. The number of amides is 1. The fourth-order valence-electron chi connectivity index (χ4n) is 2.60. The first kappa shape index (κ1) is 16.3. The van der Waals surface area contributed by atoms with Crippen LogP contribution in [-0.2, 0) is 0 Å². The largest absolute Gasteiger partial charge is 0.319 e. The lowest BCUT2D eigenvalue weighted by Gasteiger charge is -2.11. The van der Waals surface area contributed by atoms with E-state index in [1.165, 1.54) is 16.9 Å². The molecule has 3 aromatic rings. The fraction of sp³-hybridized carbons (Fsp3) is 0.211. The maximum absolute atomic E-state index is 12.5. The first-order chi connectivity index (χ1) is 11.4. The van der Waals surface area contributed by atoms with Crippen LogP contribution in [0.15, 0.2) is 35.7 Å². The molecule has 0 unspecified atom stereocenters. The van der Waals surface area contributed by atoms with Gasteiger partial charge in [-0.3, -0.25) is 9.78 Å². The summed E-state index contributed by atoms with van der Waals surface area (Å²) in [4.78, 5) is 21.4. The van der Waals surface area contributed by atoms with Gasteiger partial charge in [-0.1, -0.05) is 29.8 Å². The van der Waals surface area contributed by atoms with Crippen LogP contribution in [0.2, 0.25) is 0 Å². The topological polar surface area (TPSA) is 54.9 Å². The second-order valence-electron chi connectivity index (χ2n) is 5.90. The molecular formula is C19H19N3OS. The Morgan fingerprint density at radius 3 is 2.42 bits per heavy atom. The third-order valence-corrected chi connectivity index (χ3v) is 4.69. The molecule has 0 bridgehead atoms. The van der Waals surface area contributed by atoms with Crippen LogP contribution in [0.5, 0.6) is 0 Å². The number of rotatable bonds is 3. The van der Waals surface area contributed by atoms with Crippen molar-refractivity contribution in [3.05, 3.63) is 63.9 Å². The number of hydrogen-bond acceptors (Lipinski definition) is 4. The predicted octanol–water partition coefficient (Wildman–Crippen LogP) is 4.69. The number of benzene rings is 1. The Kier molecular flexibility index (Phi) is 4.44. The molecule has 3 rings (SSSR count). The number of nitrogens with one attached hydrogen (secondary N) is 1. The zero-order chi connectivity index (χ0) is 17.3. The molecule has 5 heteroatoms. The van der Waals surface area contributed by atoms with Gasteiger partial charge in [0.2, 0.25) is 0 Å². The number of aryl methyl sites for hydroxylation is 4. The van der Waals surface area contributed by atoms with E-state index >= 15 is 0 Å². The molecule has 0 atom stereocenters. The molecule has 2 aromatic heterocycles. The lowest BCUT2D eigenvalue weighted by Crippen LogP contribution is -2.15. The third-order valence-electron chi connectivity index (χ3n) is 3.80. The van der Waals surface area contributed by atoms with E-state index in [4.69, 9.17) is 0 Å². The van der Waals surface area contributed by atoms with Gasteiger partial charge in [-0.15, -0.1) is 11.3 Å². The van der Waals surface area contributed by atoms with Crippen molar-refractivity contribution < 1.29 is 4.79 Å². The molecule has 0 saturated carbocycles. The van der Waals surface area contributed by atoms with E-state index in [0.29, 0.717) is 5.69 Å². The number of aromatic nitrogens is 2. The molecule has 2 heterocycles. The monoisotopic (exact) mass is 337 g/mol. The molecule has 4 nitrogen and oxygen atoms in total. The lowest BCUT2D eigenvalue weighted by atomic mass is 10.1. The smallest absolute Gasteiger partial charge is 0.275 e. The SMILES string of the molecule is Cc1ccc(-c2nc(C(=O)Nc3c(C)cc(C)nc3C)cs2)cc1. The summed E-state index contributed by atoms with van der Waals surface area (Å²) in [5, 5.41) is 5.57. The summed E-state index contributed by atoms with van der Waals surface area (Å²) in [5.74, 6) is -0.207. The minimum atomic E-state index is -0.207. The number of hydrogen-bond donors (Lipinski definition) is 1. The van der Waals surface area contributed by atoms with Gasteiger partial charge in [0.15, 0.2) is 0 Å². The van der Waals surface area contributed by atoms with Gasteiger partial charge in [0, 0.05) is 16.6 Å². The predicted molar refractivity (Wildman–Crippen MR) is 98.7 cm³/mol. The molecule has 0 aliphatic heterocycles. The van der Waals surface area contributed by atoms with Crippen LogP contribution < -0.4 is 5.32 Å². The number of thiazole rings is 1. The molecule has 24 heavy (non-hydrogen) atoms. The van der Waals surface area contributed by atoms with Crippen molar-refractivity contribution in [3.8, 4) is 10.6 Å². The van der Waals surface area contributed by atoms with E-state index in [9.17, 15) is 4.79 Å². The Balaban J connectivity index is 1.83. The van der Waals surface area contributed by atoms with Crippen LogP contribution in [0, 0.1) is 27.7 Å². The van der Waals surface area contributed by atoms with Gasteiger partial charge in [-0.25, -0.2) is 4.98 Å². The Morgan fingerprint density at radius 2 is 1.75 bits per heavy atom. The van der Waals surface area contributed by atoms with E-state index in [1.54, 1.807) is 5.38 Å². The molecule has 0 aliphatic carbocycles. The van der Waals surface area contributed by atoms with E-state index in [-0.39, 0.29) is 5.91 Å². The van der Waals surface area contributed by atoms with Crippen LogP contribution in [0.25, 0.3) is 10.6 Å². The molecule has 0 spiro atoms. The summed E-state index contributed by atoms with van der Waals surface area (Å²) in [7, 11) is 0. The number of pyridine rings is 1. The van der Waals surface area contributed by atoms with E-state index < -0.39 is 0 Å². The van der Waals surface area contributed by atoms with Crippen LogP contribution in [0.3, 0.4) is 0 Å². The number of anilines is 1. The number of carbonyl (C=O) groups is 1. The van der Waals surface area contributed by atoms with E-state index in [0.717, 1.165) is 33.2 Å². The molecule has 1 N–H and O–H groups in total.